The van der Waals surface area contributed by atoms with E-state index in [2.05, 4.69) is 31.0 Å². The number of benzene rings is 1. The van der Waals surface area contributed by atoms with Gasteiger partial charge < -0.3 is 14.4 Å². The molecule has 3 heteroatoms. The first-order valence-electron chi connectivity index (χ1n) is 5.85. The van der Waals surface area contributed by atoms with Crippen LogP contribution in [-0.4, -0.2) is 20.4 Å². The highest BCUT2D eigenvalue weighted by Gasteiger charge is 2.24. The Kier molecular flexibility index (Phi) is 2.20. The molecule has 1 fully saturated rings. The summed E-state index contributed by atoms with van der Waals surface area (Å²) in [4.78, 5) is 2.33. The molecule has 0 aromatic heterocycles. The van der Waals surface area contributed by atoms with E-state index in [-0.39, 0.29) is 0 Å². The molecule has 0 saturated heterocycles. The summed E-state index contributed by atoms with van der Waals surface area (Å²) in [7, 11) is 2.16. The molecule has 1 saturated carbocycles. The predicted molar refractivity (Wildman–Crippen MR) is 63.3 cm³/mol. The van der Waals surface area contributed by atoms with Crippen LogP contribution in [0.2, 0.25) is 0 Å². The molecule has 3 rings (SSSR count). The Balaban J connectivity index is 1.87. The van der Waals surface area contributed by atoms with Crippen molar-refractivity contribution in [3.05, 3.63) is 17.7 Å². The van der Waals surface area contributed by atoms with E-state index in [0.717, 1.165) is 24.0 Å². The predicted octanol–water partition coefficient (Wildman–Crippen LogP) is 2.57. The van der Waals surface area contributed by atoms with Crippen LogP contribution in [0.4, 0.5) is 5.69 Å². The smallest absolute Gasteiger partial charge is 0.231 e. The minimum absolute atomic E-state index is 0.352. The maximum absolute atomic E-state index is 5.42. The van der Waals surface area contributed by atoms with Crippen LogP contribution in [0.15, 0.2) is 12.1 Å². The fourth-order valence-electron chi connectivity index (χ4n) is 2.23. The molecule has 0 radical (unpaired) electrons. The van der Waals surface area contributed by atoms with Gasteiger partial charge in [-0.2, -0.15) is 0 Å². The van der Waals surface area contributed by atoms with Crippen molar-refractivity contribution >= 4 is 5.69 Å². The number of anilines is 1. The molecule has 2 aliphatic rings. The lowest BCUT2D eigenvalue weighted by Crippen LogP contribution is -2.20. The zero-order valence-corrected chi connectivity index (χ0v) is 9.82. The molecule has 1 aliphatic carbocycles. The minimum Gasteiger partial charge on any atom is -0.454 e. The second-order valence-corrected chi connectivity index (χ2v) is 4.82. The average molecular weight is 219 g/mol. The standard InChI is InChI=1S/C13H17NO2/c1-9-5-12-13(16-8-15-12)6-11(9)14(2)7-10-3-4-10/h5-6,10H,3-4,7-8H2,1-2H3. The van der Waals surface area contributed by atoms with E-state index >= 15 is 0 Å². The summed E-state index contributed by atoms with van der Waals surface area (Å²) in [5.41, 5.74) is 2.52. The van der Waals surface area contributed by atoms with Crippen molar-refractivity contribution in [3.63, 3.8) is 0 Å². The normalized spacial score (nSPS) is 17.6. The summed E-state index contributed by atoms with van der Waals surface area (Å²) in [5, 5.41) is 0. The van der Waals surface area contributed by atoms with Gasteiger partial charge in [-0.15, -0.1) is 0 Å². The number of hydrogen-bond acceptors (Lipinski definition) is 3. The van der Waals surface area contributed by atoms with Crippen molar-refractivity contribution in [3.8, 4) is 11.5 Å². The summed E-state index contributed by atoms with van der Waals surface area (Å²) in [5.74, 6) is 2.65. The Morgan fingerprint density at radius 3 is 2.62 bits per heavy atom. The Morgan fingerprint density at radius 1 is 1.25 bits per heavy atom. The van der Waals surface area contributed by atoms with Crippen LogP contribution >= 0.6 is 0 Å². The Bertz CT molecular complexity index is 413. The molecular weight excluding hydrogens is 202 g/mol. The van der Waals surface area contributed by atoms with Gasteiger partial charge in [0.2, 0.25) is 6.79 Å². The zero-order chi connectivity index (χ0) is 11.1. The van der Waals surface area contributed by atoms with Crippen LogP contribution in [0, 0.1) is 12.8 Å². The molecule has 0 N–H and O–H groups in total. The van der Waals surface area contributed by atoms with Crippen molar-refractivity contribution < 1.29 is 9.47 Å². The van der Waals surface area contributed by atoms with Gasteiger partial charge in [-0.3, -0.25) is 0 Å². The SMILES string of the molecule is Cc1cc2c(cc1N(C)CC1CC1)OCO2. The second kappa shape index (κ2) is 3.58. The summed E-state index contributed by atoms with van der Waals surface area (Å²) in [6, 6.07) is 4.17. The highest BCUT2D eigenvalue weighted by Crippen LogP contribution is 2.39. The van der Waals surface area contributed by atoms with Gasteiger partial charge in [0.1, 0.15) is 0 Å². The lowest BCUT2D eigenvalue weighted by atomic mass is 10.1. The maximum Gasteiger partial charge on any atom is 0.231 e. The Morgan fingerprint density at radius 2 is 1.94 bits per heavy atom. The van der Waals surface area contributed by atoms with Crippen LogP contribution in [-0.2, 0) is 0 Å². The molecule has 0 spiro atoms. The van der Waals surface area contributed by atoms with Crippen LogP contribution in [0.5, 0.6) is 11.5 Å². The van der Waals surface area contributed by atoms with E-state index in [1.165, 1.54) is 24.1 Å². The average Bonchev–Trinajstić information content (AvgIpc) is 2.94. The van der Waals surface area contributed by atoms with Crippen molar-refractivity contribution in [1.82, 2.24) is 0 Å². The summed E-state index contributed by atoms with van der Waals surface area (Å²) in [6.07, 6.45) is 2.77. The third-order valence-corrected chi connectivity index (χ3v) is 3.33. The fourth-order valence-corrected chi connectivity index (χ4v) is 2.23. The van der Waals surface area contributed by atoms with E-state index in [0.29, 0.717) is 6.79 Å². The van der Waals surface area contributed by atoms with Gasteiger partial charge in [-0.05, 0) is 37.3 Å². The monoisotopic (exact) mass is 219 g/mol. The molecule has 0 bridgehead atoms. The summed E-state index contributed by atoms with van der Waals surface area (Å²) >= 11 is 0. The summed E-state index contributed by atoms with van der Waals surface area (Å²) in [6.45, 7) is 3.63. The molecule has 0 atom stereocenters. The van der Waals surface area contributed by atoms with Gasteiger partial charge in [0, 0.05) is 25.3 Å². The number of aryl methyl sites for hydroxylation is 1. The highest BCUT2D eigenvalue weighted by molar-refractivity contribution is 5.62. The third-order valence-electron chi connectivity index (χ3n) is 3.33. The number of fused-ring (bicyclic) bond motifs is 1. The van der Waals surface area contributed by atoms with Crippen molar-refractivity contribution in [1.29, 1.82) is 0 Å². The zero-order valence-electron chi connectivity index (χ0n) is 9.82. The van der Waals surface area contributed by atoms with Gasteiger partial charge in [0.05, 0.1) is 0 Å². The molecule has 1 aliphatic heterocycles. The molecule has 16 heavy (non-hydrogen) atoms. The van der Waals surface area contributed by atoms with Gasteiger partial charge in [0.25, 0.3) is 0 Å². The van der Waals surface area contributed by atoms with Crippen molar-refractivity contribution in [2.24, 2.45) is 5.92 Å². The maximum atomic E-state index is 5.42. The molecule has 1 aromatic rings. The summed E-state index contributed by atoms with van der Waals surface area (Å²) < 4.78 is 10.8. The second-order valence-electron chi connectivity index (χ2n) is 4.82. The Hall–Kier alpha value is -1.38. The van der Waals surface area contributed by atoms with Crippen LogP contribution in [0.3, 0.4) is 0 Å². The first-order chi connectivity index (χ1) is 7.74. The first-order valence-corrected chi connectivity index (χ1v) is 5.85. The largest absolute Gasteiger partial charge is 0.454 e. The van der Waals surface area contributed by atoms with Gasteiger partial charge in [-0.25, -0.2) is 0 Å². The Labute approximate surface area is 96.0 Å². The van der Waals surface area contributed by atoms with Gasteiger partial charge in [-0.1, -0.05) is 0 Å². The lowest BCUT2D eigenvalue weighted by Gasteiger charge is -2.21. The van der Waals surface area contributed by atoms with E-state index in [1.807, 2.05) is 0 Å². The number of nitrogens with zero attached hydrogens (tertiary/aromatic N) is 1. The van der Waals surface area contributed by atoms with E-state index in [9.17, 15) is 0 Å². The van der Waals surface area contributed by atoms with E-state index in [1.54, 1.807) is 0 Å². The third kappa shape index (κ3) is 1.70. The fraction of sp³-hybridized carbons (Fsp3) is 0.538. The number of hydrogen-bond donors (Lipinski definition) is 0. The molecular formula is C13H17NO2. The lowest BCUT2D eigenvalue weighted by molar-refractivity contribution is 0.174. The van der Waals surface area contributed by atoms with Crippen LogP contribution in [0.25, 0.3) is 0 Å². The van der Waals surface area contributed by atoms with Gasteiger partial charge in [0.15, 0.2) is 11.5 Å². The van der Waals surface area contributed by atoms with Crippen LogP contribution in [0.1, 0.15) is 18.4 Å². The minimum atomic E-state index is 0.352. The van der Waals surface area contributed by atoms with E-state index < -0.39 is 0 Å². The van der Waals surface area contributed by atoms with Gasteiger partial charge >= 0.3 is 0 Å². The quantitative estimate of drug-likeness (QED) is 0.780. The molecule has 3 nitrogen and oxygen atoms in total. The molecule has 1 heterocycles. The highest BCUT2D eigenvalue weighted by atomic mass is 16.7. The van der Waals surface area contributed by atoms with E-state index in [4.69, 9.17) is 9.47 Å². The molecule has 0 amide bonds. The number of ether oxygens (including phenoxy) is 2. The first kappa shape index (κ1) is 9.82. The molecule has 0 unspecified atom stereocenters. The van der Waals surface area contributed by atoms with Crippen LogP contribution < -0.4 is 14.4 Å². The number of rotatable bonds is 3. The van der Waals surface area contributed by atoms with Crippen molar-refractivity contribution in [2.45, 2.75) is 19.8 Å². The van der Waals surface area contributed by atoms with Crippen molar-refractivity contribution in [2.75, 3.05) is 25.3 Å². The molecule has 1 aromatic carbocycles. The topological polar surface area (TPSA) is 21.7 Å². The molecule has 86 valence electrons.